The lowest BCUT2D eigenvalue weighted by molar-refractivity contribution is 0.317. The average molecular weight is 245 g/mol. The molecule has 0 aliphatic heterocycles. The minimum absolute atomic E-state index is 0.681. The third-order valence-electron chi connectivity index (χ3n) is 2.94. The first-order chi connectivity index (χ1) is 8.63. The Bertz CT molecular complexity index is 546. The standard InChI is InChI=1S/C14H19N3O/c1-4-8-18-12-7-5-6-11(9-12)13-14(15)17(3)10(2)16-13/h5-7,9H,4,8,15H2,1-3H3. The summed E-state index contributed by atoms with van der Waals surface area (Å²) in [7, 11) is 1.92. The van der Waals surface area contributed by atoms with Crippen molar-refractivity contribution in [3.05, 3.63) is 30.1 Å². The quantitative estimate of drug-likeness (QED) is 0.901. The Balaban J connectivity index is 2.35. The van der Waals surface area contributed by atoms with Crippen LogP contribution in [0.2, 0.25) is 0 Å². The van der Waals surface area contributed by atoms with Crippen LogP contribution in [-0.2, 0) is 7.05 Å². The van der Waals surface area contributed by atoms with Crippen LogP contribution in [0.25, 0.3) is 11.3 Å². The number of hydrogen-bond donors (Lipinski definition) is 1. The maximum Gasteiger partial charge on any atom is 0.131 e. The van der Waals surface area contributed by atoms with Crippen LogP contribution >= 0.6 is 0 Å². The molecule has 1 heterocycles. The van der Waals surface area contributed by atoms with E-state index in [1.54, 1.807) is 0 Å². The first-order valence-electron chi connectivity index (χ1n) is 6.15. The van der Waals surface area contributed by atoms with Crippen LogP contribution in [0.3, 0.4) is 0 Å². The first kappa shape index (κ1) is 12.5. The minimum atomic E-state index is 0.681. The predicted molar refractivity (Wildman–Crippen MR) is 73.6 cm³/mol. The van der Waals surface area contributed by atoms with E-state index in [4.69, 9.17) is 10.5 Å². The van der Waals surface area contributed by atoms with Gasteiger partial charge in [0.2, 0.25) is 0 Å². The SMILES string of the molecule is CCCOc1cccc(-c2nc(C)n(C)c2N)c1. The zero-order chi connectivity index (χ0) is 13.1. The van der Waals surface area contributed by atoms with E-state index in [-0.39, 0.29) is 0 Å². The normalized spacial score (nSPS) is 10.6. The summed E-state index contributed by atoms with van der Waals surface area (Å²) in [4.78, 5) is 4.48. The number of nitrogens with two attached hydrogens (primary N) is 1. The van der Waals surface area contributed by atoms with Gasteiger partial charge in [0.25, 0.3) is 0 Å². The van der Waals surface area contributed by atoms with Crippen LogP contribution in [0.5, 0.6) is 5.75 Å². The van der Waals surface area contributed by atoms with Crippen LogP contribution in [0.4, 0.5) is 5.82 Å². The van der Waals surface area contributed by atoms with Gasteiger partial charge in [-0.05, 0) is 25.5 Å². The Morgan fingerprint density at radius 1 is 1.39 bits per heavy atom. The molecule has 18 heavy (non-hydrogen) atoms. The van der Waals surface area contributed by atoms with E-state index in [0.29, 0.717) is 5.82 Å². The fraction of sp³-hybridized carbons (Fsp3) is 0.357. The number of ether oxygens (including phenoxy) is 1. The monoisotopic (exact) mass is 245 g/mol. The van der Waals surface area contributed by atoms with Gasteiger partial charge in [-0.2, -0.15) is 0 Å². The number of hydrogen-bond acceptors (Lipinski definition) is 3. The molecule has 0 radical (unpaired) electrons. The second-order valence-corrected chi connectivity index (χ2v) is 4.33. The van der Waals surface area contributed by atoms with Gasteiger partial charge in [-0.3, -0.25) is 0 Å². The summed E-state index contributed by atoms with van der Waals surface area (Å²) in [5.41, 5.74) is 7.85. The van der Waals surface area contributed by atoms with Crippen LogP contribution in [0.15, 0.2) is 24.3 Å². The molecule has 1 aromatic carbocycles. The van der Waals surface area contributed by atoms with Gasteiger partial charge in [-0.1, -0.05) is 19.1 Å². The number of benzene rings is 1. The van der Waals surface area contributed by atoms with E-state index in [0.717, 1.165) is 35.9 Å². The lowest BCUT2D eigenvalue weighted by Crippen LogP contribution is -1.98. The van der Waals surface area contributed by atoms with E-state index in [1.807, 2.05) is 42.8 Å². The minimum Gasteiger partial charge on any atom is -0.494 e. The van der Waals surface area contributed by atoms with Gasteiger partial charge in [-0.25, -0.2) is 4.98 Å². The van der Waals surface area contributed by atoms with Gasteiger partial charge in [0, 0.05) is 12.6 Å². The Kier molecular flexibility index (Phi) is 3.55. The second kappa shape index (κ2) is 5.12. The van der Waals surface area contributed by atoms with Gasteiger partial charge < -0.3 is 15.0 Å². The molecule has 0 aliphatic rings. The highest BCUT2D eigenvalue weighted by Gasteiger charge is 2.11. The molecule has 0 saturated carbocycles. The third kappa shape index (κ3) is 2.32. The second-order valence-electron chi connectivity index (χ2n) is 4.33. The van der Waals surface area contributed by atoms with Crippen molar-refractivity contribution >= 4 is 5.82 Å². The maximum atomic E-state index is 6.05. The number of nitrogens with zero attached hydrogens (tertiary/aromatic N) is 2. The maximum absolute atomic E-state index is 6.05. The first-order valence-corrected chi connectivity index (χ1v) is 6.15. The number of anilines is 1. The molecule has 0 fully saturated rings. The molecule has 96 valence electrons. The highest BCUT2D eigenvalue weighted by Crippen LogP contribution is 2.28. The van der Waals surface area contributed by atoms with Crippen molar-refractivity contribution in [2.75, 3.05) is 12.3 Å². The highest BCUT2D eigenvalue weighted by molar-refractivity contribution is 5.71. The zero-order valence-electron chi connectivity index (χ0n) is 11.1. The van der Waals surface area contributed by atoms with Crippen LogP contribution in [0.1, 0.15) is 19.2 Å². The summed E-state index contributed by atoms with van der Waals surface area (Å²) < 4.78 is 7.50. The van der Waals surface area contributed by atoms with Crippen molar-refractivity contribution in [3.63, 3.8) is 0 Å². The molecule has 0 saturated heterocycles. The molecule has 4 heteroatoms. The molecule has 2 rings (SSSR count). The summed E-state index contributed by atoms with van der Waals surface area (Å²) in [5.74, 6) is 2.44. The summed E-state index contributed by atoms with van der Waals surface area (Å²) in [6.45, 7) is 4.75. The predicted octanol–water partition coefficient (Wildman–Crippen LogP) is 2.77. The smallest absolute Gasteiger partial charge is 0.131 e. The van der Waals surface area contributed by atoms with Crippen LogP contribution < -0.4 is 10.5 Å². The molecular weight excluding hydrogens is 226 g/mol. The number of imidazole rings is 1. The molecule has 0 aliphatic carbocycles. The fourth-order valence-electron chi connectivity index (χ4n) is 1.79. The Morgan fingerprint density at radius 2 is 2.17 bits per heavy atom. The lowest BCUT2D eigenvalue weighted by atomic mass is 10.1. The van der Waals surface area contributed by atoms with E-state index in [2.05, 4.69) is 11.9 Å². The van der Waals surface area contributed by atoms with Crippen LogP contribution in [-0.4, -0.2) is 16.2 Å². The highest BCUT2D eigenvalue weighted by atomic mass is 16.5. The molecule has 1 aromatic heterocycles. The van der Waals surface area contributed by atoms with Crippen molar-refractivity contribution in [1.29, 1.82) is 0 Å². The molecular formula is C14H19N3O. The number of rotatable bonds is 4. The third-order valence-corrected chi connectivity index (χ3v) is 2.94. The van der Waals surface area contributed by atoms with Crippen LogP contribution in [0, 0.1) is 6.92 Å². The summed E-state index contributed by atoms with van der Waals surface area (Å²) in [6, 6.07) is 7.89. The fourth-order valence-corrected chi connectivity index (χ4v) is 1.79. The average Bonchev–Trinajstić information content (AvgIpc) is 2.64. The van der Waals surface area contributed by atoms with Crippen molar-refractivity contribution in [2.24, 2.45) is 7.05 Å². The summed E-state index contributed by atoms with van der Waals surface area (Å²) in [6.07, 6.45) is 0.995. The molecule has 0 atom stereocenters. The Hall–Kier alpha value is -1.97. The number of nitrogen functional groups attached to an aromatic ring is 1. The van der Waals surface area contributed by atoms with Crippen molar-refractivity contribution in [3.8, 4) is 17.0 Å². The largest absolute Gasteiger partial charge is 0.494 e. The van der Waals surface area contributed by atoms with E-state index >= 15 is 0 Å². The molecule has 0 bridgehead atoms. The zero-order valence-corrected chi connectivity index (χ0v) is 11.1. The Morgan fingerprint density at radius 3 is 2.78 bits per heavy atom. The molecule has 4 nitrogen and oxygen atoms in total. The molecule has 0 unspecified atom stereocenters. The summed E-state index contributed by atoms with van der Waals surface area (Å²) in [5, 5.41) is 0. The summed E-state index contributed by atoms with van der Waals surface area (Å²) >= 11 is 0. The van der Waals surface area contributed by atoms with Crippen molar-refractivity contribution < 1.29 is 4.74 Å². The molecule has 0 spiro atoms. The topological polar surface area (TPSA) is 53.1 Å². The van der Waals surface area contributed by atoms with Gasteiger partial charge in [0.1, 0.15) is 23.1 Å². The number of aryl methyl sites for hydroxylation is 1. The van der Waals surface area contributed by atoms with Gasteiger partial charge in [0.05, 0.1) is 6.61 Å². The molecule has 2 N–H and O–H groups in total. The lowest BCUT2D eigenvalue weighted by Gasteiger charge is -2.06. The molecule has 2 aromatic rings. The van der Waals surface area contributed by atoms with E-state index < -0.39 is 0 Å². The number of aromatic nitrogens is 2. The van der Waals surface area contributed by atoms with Gasteiger partial charge >= 0.3 is 0 Å². The Labute approximate surface area is 107 Å². The van der Waals surface area contributed by atoms with Gasteiger partial charge in [0.15, 0.2) is 0 Å². The van der Waals surface area contributed by atoms with Crippen molar-refractivity contribution in [2.45, 2.75) is 20.3 Å². The van der Waals surface area contributed by atoms with Crippen molar-refractivity contribution in [1.82, 2.24) is 9.55 Å². The van der Waals surface area contributed by atoms with E-state index in [9.17, 15) is 0 Å². The van der Waals surface area contributed by atoms with E-state index in [1.165, 1.54) is 0 Å². The molecule has 0 amide bonds. The van der Waals surface area contributed by atoms with Gasteiger partial charge in [-0.15, -0.1) is 0 Å².